The van der Waals surface area contributed by atoms with E-state index in [9.17, 15) is 14.0 Å². The second-order valence-corrected chi connectivity index (χ2v) is 8.90. The zero-order chi connectivity index (χ0) is 23.1. The Labute approximate surface area is 198 Å². The third-order valence-corrected chi connectivity index (χ3v) is 6.76. The summed E-state index contributed by atoms with van der Waals surface area (Å²) < 4.78 is 19.9. The number of hydrogen-bond acceptors (Lipinski definition) is 5. The van der Waals surface area contributed by atoms with Gasteiger partial charge < -0.3 is 14.6 Å². The Balaban J connectivity index is 1.31. The minimum Gasteiger partial charge on any atom is -0.370 e. The average Bonchev–Trinajstić information content (AvgIpc) is 3.25. The maximum Gasteiger partial charge on any atom is 0.255 e. The maximum atomic E-state index is 13.9. The number of rotatable bonds is 3. The van der Waals surface area contributed by atoms with Gasteiger partial charge >= 0.3 is 0 Å². The van der Waals surface area contributed by atoms with Gasteiger partial charge in [-0.05, 0) is 12.1 Å². The summed E-state index contributed by atoms with van der Waals surface area (Å²) in [5.41, 5.74) is 1.20. The topological polar surface area (TPSA) is 94.3 Å². The van der Waals surface area contributed by atoms with Crippen LogP contribution < -0.4 is 5.56 Å². The first-order valence-corrected chi connectivity index (χ1v) is 11.2. The van der Waals surface area contributed by atoms with Crippen molar-refractivity contribution >= 4 is 29.1 Å². The van der Waals surface area contributed by atoms with Crippen molar-refractivity contribution in [1.29, 1.82) is 0 Å². The molecule has 0 bridgehead atoms. The number of morpholine rings is 1. The molecule has 1 aromatic carbocycles. The van der Waals surface area contributed by atoms with Crippen molar-refractivity contribution in [2.45, 2.75) is 12.1 Å². The van der Waals surface area contributed by atoms with Crippen LogP contribution in [0.5, 0.6) is 0 Å². The lowest BCUT2D eigenvalue weighted by Gasteiger charge is -2.46. The largest absolute Gasteiger partial charge is 0.370 e. The Hall–Kier alpha value is -2.72. The van der Waals surface area contributed by atoms with Gasteiger partial charge in [0, 0.05) is 49.7 Å². The van der Waals surface area contributed by atoms with Crippen molar-refractivity contribution < 1.29 is 13.9 Å². The predicted octanol–water partition coefficient (Wildman–Crippen LogP) is 3.11. The number of carbonyl (C=O) groups is 1. The van der Waals surface area contributed by atoms with E-state index in [2.05, 4.69) is 20.1 Å². The summed E-state index contributed by atoms with van der Waals surface area (Å²) in [6, 6.07) is 6.58. The van der Waals surface area contributed by atoms with Gasteiger partial charge in [-0.2, -0.15) is 4.39 Å². The molecule has 3 aromatic rings. The van der Waals surface area contributed by atoms with Crippen molar-refractivity contribution in [3.63, 3.8) is 0 Å². The third kappa shape index (κ3) is 4.17. The molecule has 172 valence electrons. The van der Waals surface area contributed by atoms with Gasteiger partial charge in [0.15, 0.2) is 0 Å². The zero-order valence-corrected chi connectivity index (χ0v) is 18.9. The Morgan fingerprint density at radius 2 is 2.03 bits per heavy atom. The number of aromatic nitrogens is 3. The van der Waals surface area contributed by atoms with Gasteiger partial charge in [0.1, 0.15) is 6.10 Å². The lowest BCUT2D eigenvalue weighted by atomic mass is 10.0. The lowest BCUT2D eigenvalue weighted by Crippen LogP contribution is -2.59. The minimum atomic E-state index is -0.678. The van der Waals surface area contributed by atoms with Crippen LogP contribution in [0.4, 0.5) is 4.39 Å². The Morgan fingerprint density at radius 3 is 2.82 bits per heavy atom. The van der Waals surface area contributed by atoms with Crippen molar-refractivity contribution in [1.82, 2.24) is 25.0 Å². The van der Waals surface area contributed by atoms with E-state index in [1.54, 1.807) is 29.2 Å². The number of amides is 1. The number of nitrogens with zero attached hydrogens (tertiary/aromatic N) is 3. The number of pyridine rings is 1. The van der Waals surface area contributed by atoms with E-state index in [1.165, 1.54) is 12.4 Å². The van der Waals surface area contributed by atoms with Gasteiger partial charge in [0.2, 0.25) is 5.95 Å². The molecule has 2 aromatic heterocycles. The van der Waals surface area contributed by atoms with Gasteiger partial charge in [0.05, 0.1) is 33.8 Å². The van der Waals surface area contributed by atoms with E-state index in [-0.39, 0.29) is 34.2 Å². The highest BCUT2D eigenvalue weighted by atomic mass is 35.5. The number of fused-ring (bicyclic) bond motifs is 1. The van der Waals surface area contributed by atoms with Crippen LogP contribution in [0.3, 0.4) is 0 Å². The molecule has 4 heterocycles. The van der Waals surface area contributed by atoms with Crippen molar-refractivity contribution in [2.75, 3.05) is 32.8 Å². The summed E-state index contributed by atoms with van der Waals surface area (Å²) in [5, 5.41) is 6.58. The summed E-state index contributed by atoms with van der Waals surface area (Å²) in [4.78, 5) is 32.0. The number of carbonyl (C=O) groups excluding carboxylic acids is 1. The number of ether oxygens (including phenoxy) is 1. The summed E-state index contributed by atoms with van der Waals surface area (Å²) in [6.45, 7) is 2.48. The molecule has 2 aliphatic rings. The molecular formula is C22H20Cl2FN5O3. The molecule has 2 saturated heterocycles. The summed E-state index contributed by atoms with van der Waals surface area (Å²) >= 11 is 12.5. The molecule has 2 fully saturated rings. The van der Waals surface area contributed by atoms with Gasteiger partial charge in [-0.25, -0.2) is 0 Å². The molecule has 0 radical (unpaired) electrons. The number of halogens is 3. The highest BCUT2D eigenvalue weighted by Gasteiger charge is 2.37. The Morgan fingerprint density at radius 1 is 1.18 bits per heavy atom. The van der Waals surface area contributed by atoms with Gasteiger partial charge in [-0.3, -0.25) is 19.6 Å². The number of H-pyrrole nitrogens is 2. The van der Waals surface area contributed by atoms with E-state index in [0.29, 0.717) is 54.5 Å². The fourth-order valence-electron chi connectivity index (χ4n) is 4.41. The maximum absolute atomic E-state index is 13.9. The highest BCUT2D eigenvalue weighted by molar-refractivity contribution is 6.36. The SMILES string of the molecule is O=C(c1cccc(-c2c[nH]nc2F)c1Cl)N1CCN2C[C@@H](c3cc(Cl)c[nH]c3=O)OC[C@@H]2C1. The fraction of sp³-hybridized carbons (Fsp3) is 0.318. The number of hydrogen-bond donors (Lipinski definition) is 2. The first kappa shape index (κ1) is 22.1. The number of benzene rings is 1. The minimum absolute atomic E-state index is 0.00880. The van der Waals surface area contributed by atoms with E-state index >= 15 is 0 Å². The molecule has 33 heavy (non-hydrogen) atoms. The first-order valence-electron chi connectivity index (χ1n) is 10.4. The van der Waals surface area contributed by atoms with Crippen molar-refractivity contribution in [3.8, 4) is 11.1 Å². The summed E-state index contributed by atoms with van der Waals surface area (Å²) in [7, 11) is 0. The quantitative estimate of drug-likeness (QED) is 0.586. The van der Waals surface area contributed by atoms with E-state index < -0.39 is 5.95 Å². The van der Waals surface area contributed by atoms with Crippen molar-refractivity contribution in [2.24, 2.45) is 0 Å². The molecule has 0 saturated carbocycles. The van der Waals surface area contributed by atoms with Gasteiger partial charge in [-0.15, -0.1) is 5.10 Å². The zero-order valence-electron chi connectivity index (χ0n) is 17.4. The molecular weight excluding hydrogens is 472 g/mol. The van der Waals surface area contributed by atoms with Gasteiger partial charge in [-0.1, -0.05) is 35.3 Å². The van der Waals surface area contributed by atoms with Gasteiger partial charge in [0.25, 0.3) is 11.5 Å². The second-order valence-electron chi connectivity index (χ2n) is 8.08. The predicted molar refractivity (Wildman–Crippen MR) is 121 cm³/mol. The Kier molecular flexibility index (Phi) is 5.96. The average molecular weight is 492 g/mol. The molecule has 2 N–H and O–H groups in total. The van der Waals surface area contributed by atoms with Crippen LogP contribution in [-0.4, -0.2) is 69.7 Å². The molecule has 2 atom stereocenters. The molecule has 11 heteroatoms. The van der Waals surface area contributed by atoms with Crippen LogP contribution >= 0.6 is 23.2 Å². The van der Waals surface area contributed by atoms with E-state index in [4.69, 9.17) is 27.9 Å². The second kappa shape index (κ2) is 8.90. The molecule has 1 amide bonds. The number of aromatic amines is 2. The van der Waals surface area contributed by atoms with Crippen LogP contribution in [0.1, 0.15) is 22.0 Å². The molecule has 0 unspecified atom stereocenters. The van der Waals surface area contributed by atoms with Crippen molar-refractivity contribution in [3.05, 3.63) is 74.1 Å². The molecule has 2 aliphatic heterocycles. The summed E-state index contributed by atoms with van der Waals surface area (Å²) in [5.74, 6) is -0.902. The van der Waals surface area contributed by atoms with Crippen LogP contribution in [0.2, 0.25) is 10.0 Å². The standard InChI is InChI=1S/C22H20Cl2FN5O3/c23-12-6-16(21(31)26-7-12)18-10-29-4-5-30(9-13(29)11-33-18)22(32)15-3-1-2-14(19(15)24)17-8-27-28-20(17)25/h1-3,6-8,13,18H,4-5,9-11H2,(H,26,31)(H,27,28)/t13-,18-/m0/s1. The molecule has 0 spiro atoms. The third-order valence-electron chi connectivity index (χ3n) is 6.14. The van der Waals surface area contributed by atoms with E-state index in [1.807, 2.05) is 0 Å². The molecule has 5 rings (SSSR count). The highest BCUT2D eigenvalue weighted by Crippen LogP contribution is 2.33. The van der Waals surface area contributed by atoms with Crippen LogP contribution in [-0.2, 0) is 4.74 Å². The van der Waals surface area contributed by atoms with Crippen LogP contribution in [0.15, 0.2) is 41.5 Å². The van der Waals surface area contributed by atoms with E-state index in [0.717, 1.165) is 0 Å². The number of nitrogens with one attached hydrogen (secondary N) is 2. The normalized spacial score (nSPS) is 21.1. The monoisotopic (exact) mass is 491 g/mol. The van der Waals surface area contributed by atoms with Crippen LogP contribution in [0, 0.1) is 5.95 Å². The summed E-state index contributed by atoms with van der Waals surface area (Å²) in [6.07, 6.45) is 2.47. The lowest BCUT2D eigenvalue weighted by molar-refractivity contribution is -0.0862. The molecule has 8 nitrogen and oxygen atoms in total. The number of piperazine rings is 1. The smallest absolute Gasteiger partial charge is 0.255 e. The fourth-order valence-corrected chi connectivity index (χ4v) is 4.89. The molecule has 0 aliphatic carbocycles. The first-order chi connectivity index (χ1) is 15.9. The Bertz CT molecular complexity index is 1260. The van der Waals surface area contributed by atoms with Crippen LogP contribution in [0.25, 0.3) is 11.1 Å².